The minimum Gasteiger partial charge on any atom is -0.389 e. The zero-order valence-corrected chi connectivity index (χ0v) is 13.2. The molecule has 1 saturated carbocycles. The molecule has 0 amide bonds. The summed E-state index contributed by atoms with van der Waals surface area (Å²) in [5.41, 5.74) is 1.39. The highest BCUT2D eigenvalue weighted by Gasteiger charge is 2.38. The monoisotopic (exact) mass is 305 g/mol. The molecule has 2 fully saturated rings. The van der Waals surface area contributed by atoms with Crippen LogP contribution in [0.3, 0.4) is 0 Å². The fourth-order valence-corrected chi connectivity index (χ4v) is 3.32. The lowest BCUT2D eigenvalue weighted by Crippen LogP contribution is -2.51. The number of rotatable bonds is 7. The van der Waals surface area contributed by atoms with Gasteiger partial charge in [0.2, 0.25) is 0 Å². The maximum Gasteiger partial charge on any atom is 0.0898 e. The molecule has 1 aliphatic carbocycles. The van der Waals surface area contributed by atoms with Gasteiger partial charge in [0.1, 0.15) is 0 Å². The van der Waals surface area contributed by atoms with E-state index in [-0.39, 0.29) is 11.6 Å². The van der Waals surface area contributed by atoms with Crippen molar-refractivity contribution in [3.05, 3.63) is 35.9 Å². The largest absolute Gasteiger partial charge is 0.389 e. The minimum atomic E-state index is -0.455. The molecule has 0 aromatic heterocycles. The summed E-state index contributed by atoms with van der Waals surface area (Å²) in [7, 11) is 0. The van der Waals surface area contributed by atoms with Crippen molar-refractivity contribution in [1.82, 2.24) is 5.32 Å². The summed E-state index contributed by atoms with van der Waals surface area (Å²) >= 11 is 0. The second kappa shape index (κ2) is 7.55. The van der Waals surface area contributed by atoms with E-state index in [4.69, 9.17) is 9.47 Å². The van der Waals surface area contributed by atoms with Gasteiger partial charge in [-0.15, -0.1) is 0 Å². The van der Waals surface area contributed by atoms with Crippen LogP contribution < -0.4 is 5.32 Å². The van der Waals surface area contributed by atoms with Crippen LogP contribution in [0.25, 0.3) is 0 Å². The van der Waals surface area contributed by atoms with Gasteiger partial charge >= 0.3 is 0 Å². The highest BCUT2D eigenvalue weighted by Crippen LogP contribution is 2.41. The van der Waals surface area contributed by atoms with E-state index in [9.17, 15) is 5.11 Å². The molecule has 0 radical (unpaired) electrons. The highest BCUT2D eigenvalue weighted by molar-refractivity contribution is 5.26. The fraction of sp³-hybridized carbons (Fsp3) is 0.667. The highest BCUT2D eigenvalue weighted by atomic mass is 16.5. The van der Waals surface area contributed by atoms with Crippen LogP contribution in [-0.2, 0) is 15.0 Å². The first-order valence-electron chi connectivity index (χ1n) is 8.46. The van der Waals surface area contributed by atoms with Crippen molar-refractivity contribution in [1.29, 1.82) is 0 Å². The number of benzene rings is 1. The van der Waals surface area contributed by atoms with Gasteiger partial charge < -0.3 is 19.9 Å². The first-order chi connectivity index (χ1) is 10.8. The summed E-state index contributed by atoms with van der Waals surface area (Å²) in [6.07, 6.45) is 5.20. The molecule has 4 heteroatoms. The number of hydrogen-bond donors (Lipinski definition) is 2. The molecule has 1 unspecified atom stereocenters. The number of aliphatic hydroxyl groups is 1. The van der Waals surface area contributed by atoms with Gasteiger partial charge in [0.15, 0.2) is 0 Å². The predicted octanol–water partition coefficient (Wildman–Crippen LogP) is 2.21. The van der Waals surface area contributed by atoms with Gasteiger partial charge in [0.25, 0.3) is 0 Å². The Kier molecular flexibility index (Phi) is 5.47. The normalized spacial score (nSPS) is 23.0. The van der Waals surface area contributed by atoms with Crippen LogP contribution in [0.15, 0.2) is 30.3 Å². The molecule has 1 saturated heterocycles. The average Bonchev–Trinajstić information content (AvgIpc) is 2.54. The summed E-state index contributed by atoms with van der Waals surface area (Å²) in [5.74, 6) is 0. The molecule has 1 aromatic rings. The van der Waals surface area contributed by atoms with Crippen LogP contribution in [0.4, 0.5) is 0 Å². The lowest BCUT2D eigenvalue weighted by molar-refractivity contribution is -0.0604. The van der Waals surface area contributed by atoms with E-state index in [1.807, 2.05) is 6.07 Å². The summed E-state index contributed by atoms with van der Waals surface area (Å²) in [4.78, 5) is 0. The van der Waals surface area contributed by atoms with E-state index in [1.54, 1.807) is 0 Å². The van der Waals surface area contributed by atoms with Crippen molar-refractivity contribution in [3.63, 3.8) is 0 Å². The molecule has 3 rings (SSSR count). The summed E-state index contributed by atoms with van der Waals surface area (Å²) in [6.45, 7) is 2.53. The van der Waals surface area contributed by atoms with Gasteiger partial charge in [0, 0.05) is 25.3 Å². The molecule has 1 aliphatic heterocycles. The molecule has 1 heterocycles. The maximum absolute atomic E-state index is 10.2. The summed E-state index contributed by atoms with van der Waals surface area (Å²) < 4.78 is 11.1. The number of ether oxygens (including phenoxy) is 2. The van der Waals surface area contributed by atoms with Crippen molar-refractivity contribution >= 4 is 0 Å². The van der Waals surface area contributed by atoms with Crippen molar-refractivity contribution in [2.75, 3.05) is 26.4 Å². The van der Waals surface area contributed by atoms with E-state index >= 15 is 0 Å². The minimum absolute atomic E-state index is 0.0565. The van der Waals surface area contributed by atoms with Crippen molar-refractivity contribution in [3.8, 4) is 0 Å². The van der Waals surface area contributed by atoms with Gasteiger partial charge in [-0.1, -0.05) is 30.3 Å². The van der Waals surface area contributed by atoms with Crippen LogP contribution in [0, 0.1) is 0 Å². The van der Waals surface area contributed by atoms with E-state index in [0.29, 0.717) is 13.2 Å². The van der Waals surface area contributed by atoms with Gasteiger partial charge in [-0.3, -0.25) is 0 Å². The van der Waals surface area contributed by atoms with Crippen LogP contribution in [0.1, 0.15) is 37.7 Å². The molecular weight excluding hydrogens is 278 g/mol. The fourth-order valence-electron chi connectivity index (χ4n) is 3.32. The van der Waals surface area contributed by atoms with Crippen LogP contribution >= 0.6 is 0 Å². The average molecular weight is 305 g/mol. The van der Waals surface area contributed by atoms with Gasteiger partial charge in [-0.2, -0.15) is 0 Å². The molecule has 0 bridgehead atoms. The Morgan fingerprint density at radius 1 is 1.23 bits per heavy atom. The second-order valence-corrected chi connectivity index (χ2v) is 6.48. The van der Waals surface area contributed by atoms with Crippen molar-refractivity contribution < 1.29 is 14.6 Å². The van der Waals surface area contributed by atoms with Gasteiger partial charge in [0.05, 0.1) is 18.8 Å². The molecule has 2 N–H and O–H groups in total. The van der Waals surface area contributed by atoms with Crippen LogP contribution in [0.5, 0.6) is 0 Å². The van der Waals surface area contributed by atoms with Crippen LogP contribution in [-0.4, -0.2) is 43.7 Å². The zero-order chi connectivity index (χ0) is 15.3. The Hall–Kier alpha value is -0.940. The number of aliphatic hydroxyl groups excluding tert-OH is 1. The quantitative estimate of drug-likeness (QED) is 0.811. The van der Waals surface area contributed by atoms with E-state index in [0.717, 1.165) is 38.9 Å². The Morgan fingerprint density at radius 2 is 1.95 bits per heavy atom. The number of hydrogen-bond acceptors (Lipinski definition) is 4. The SMILES string of the molecule is OC(CNC1(c2ccccc2)CCC1)COC1CCOCC1. The van der Waals surface area contributed by atoms with Crippen molar-refractivity contribution in [2.45, 2.75) is 49.9 Å². The zero-order valence-electron chi connectivity index (χ0n) is 13.2. The predicted molar refractivity (Wildman–Crippen MR) is 85.8 cm³/mol. The lowest BCUT2D eigenvalue weighted by Gasteiger charge is -2.44. The van der Waals surface area contributed by atoms with Crippen molar-refractivity contribution in [2.24, 2.45) is 0 Å². The molecule has 1 atom stereocenters. The van der Waals surface area contributed by atoms with Crippen LogP contribution in [0.2, 0.25) is 0 Å². The lowest BCUT2D eigenvalue weighted by atomic mass is 9.72. The molecule has 4 nitrogen and oxygen atoms in total. The molecule has 2 aliphatic rings. The maximum atomic E-state index is 10.2. The standard InChI is InChI=1S/C18H27NO3/c20-16(14-22-17-7-11-21-12-8-17)13-19-18(9-4-10-18)15-5-2-1-3-6-15/h1-3,5-6,16-17,19-20H,4,7-14H2. The summed E-state index contributed by atoms with van der Waals surface area (Å²) in [5, 5.41) is 13.8. The molecule has 0 spiro atoms. The first kappa shape index (κ1) is 15.9. The Bertz CT molecular complexity index is 441. The van der Waals surface area contributed by atoms with E-state index in [2.05, 4.69) is 29.6 Å². The Morgan fingerprint density at radius 3 is 2.59 bits per heavy atom. The molecular formula is C18H27NO3. The third-order valence-electron chi connectivity index (χ3n) is 4.90. The third-order valence-corrected chi connectivity index (χ3v) is 4.90. The van der Waals surface area contributed by atoms with Gasteiger partial charge in [-0.05, 0) is 37.7 Å². The number of nitrogens with one attached hydrogen (secondary N) is 1. The first-order valence-corrected chi connectivity index (χ1v) is 8.46. The topological polar surface area (TPSA) is 50.7 Å². The molecule has 1 aromatic carbocycles. The van der Waals surface area contributed by atoms with E-state index < -0.39 is 6.10 Å². The molecule has 122 valence electrons. The molecule has 22 heavy (non-hydrogen) atoms. The smallest absolute Gasteiger partial charge is 0.0898 e. The van der Waals surface area contributed by atoms with E-state index in [1.165, 1.54) is 12.0 Å². The van der Waals surface area contributed by atoms with Gasteiger partial charge in [-0.25, -0.2) is 0 Å². The Labute approximate surface area is 132 Å². The summed E-state index contributed by atoms with van der Waals surface area (Å²) in [6, 6.07) is 10.6. The second-order valence-electron chi connectivity index (χ2n) is 6.48. The Balaban J connectivity index is 1.44. The third kappa shape index (κ3) is 3.87.